The van der Waals surface area contributed by atoms with Crippen molar-refractivity contribution in [2.45, 2.75) is 56.1 Å². The number of hydrogen-bond acceptors (Lipinski definition) is 10. The van der Waals surface area contributed by atoms with E-state index in [2.05, 4.69) is 14.6 Å². The van der Waals surface area contributed by atoms with E-state index in [1.807, 2.05) is 6.07 Å². The molecule has 1 aliphatic heterocycles. The summed E-state index contributed by atoms with van der Waals surface area (Å²) >= 11 is 1.28. The molecular weight excluding hydrogens is 700 g/mol. The van der Waals surface area contributed by atoms with Crippen LogP contribution < -0.4 is 0 Å². The number of phosphoric ester groups is 1. The number of rotatable bonds is 15. The van der Waals surface area contributed by atoms with Gasteiger partial charge in [-0.1, -0.05) is 38.1 Å². The molecule has 3 aromatic rings. The van der Waals surface area contributed by atoms with Gasteiger partial charge in [-0.25, -0.2) is 27.4 Å². The molecule has 268 valence electrons. The number of allylic oxidation sites excluding steroid dienone is 2. The Morgan fingerprint density at radius 2 is 1.92 bits per heavy atom. The van der Waals surface area contributed by atoms with Crippen LogP contribution in [0.15, 0.2) is 67.3 Å². The van der Waals surface area contributed by atoms with Crippen molar-refractivity contribution >= 4 is 31.6 Å². The van der Waals surface area contributed by atoms with E-state index in [4.69, 9.17) is 29.3 Å². The Morgan fingerprint density at radius 1 is 1.18 bits per heavy atom. The van der Waals surface area contributed by atoms with Gasteiger partial charge in [0.05, 0.1) is 49.7 Å². The zero-order valence-electron chi connectivity index (χ0n) is 27.3. The molecule has 2 aromatic carbocycles. The van der Waals surface area contributed by atoms with E-state index in [-0.39, 0.29) is 42.6 Å². The maximum absolute atomic E-state index is 15.6. The molecule has 1 saturated heterocycles. The fourth-order valence-corrected chi connectivity index (χ4v) is 6.94. The highest BCUT2D eigenvalue weighted by Crippen LogP contribution is 2.43. The summed E-state index contributed by atoms with van der Waals surface area (Å²) in [7, 11) is -4.82. The van der Waals surface area contributed by atoms with Gasteiger partial charge in [-0.05, 0) is 42.7 Å². The Balaban J connectivity index is 1.51. The SMILES string of the molecule is C[C@@H](S[C@H]1CO[C@H](/C=C/C=C/c2ccc(C#N)cc2F)OC1)[C@@](Cn1cncn1)(OC(=O)CC(C)(C)COP(=O)(O)O)c1ccc(F)cc1F. The number of aromatic nitrogens is 3. The highest BCUT2D eigenvalue weighted by atomic mass is 32.2. The van der Waals surface area contributed by atoms with Crippen LogP contribution in [0.2, 0.25) is 0 Å². The summed E-state index contributed by atoms with van der Waals surface area (Å²) < 4.78 is 79.0. The zero-order chi connectivity index (χ0) is 36.5. The van der Waals surface area contributed by atoms with Crippen LogP contribution in [-0.4, -0.2) is 67.1 Å². The number of phosphoric acid groups is 1. The second-order valence-electron chi connectivity index (χ2n) is 12.2. The lowest BCUT2D eigenvalue weighted by atomic mass is 9.88. The quantitative estimate of drug-likeness (QED) is 0.112. The van der Waals surface area contributed by atoms with Crippen LogP contribution in [-0.2, 0) is 40.2 Å². The van der Waals surface area contributed by atoms with Crippen LogP contribution in [0.1, 0.15) is 43.9 Å². The van der Waals surface area contributed by atoms with Crippen LogP contribution in [0.4, 0.5) is 13.2 Å². The van der Waals surface area contributed by atoms with Crippen LogP contribution >= 0.6 is 19.6 Å². The van der Waals surface area contributed by atoms with Gasteiger partial charge in [0.1, 0.15) is 30.1 Å². The van der Waals surface area contributed by atoms with Crippen molar-refractivity contribution in [2.75, 3.05) is 19.8 Å². The van der Waals surface area contributed by atoms with Crippen molar-refractivity contribution in [1.29, 1.82) is 5.26 Å². The molecule has 50 heavy (non-hydrogen) atoms. The monoisotopic (exact) mass is 736 g/mol. The third kappa shape index (κ3) is 11.1. The largest absolute Gasteiger partial charge is 0.469 e. The Labute approximate surface area is 291 Å². The van der Waals surface area contributed by atoms with Gasteiger partial charge in [0.15, 0.2) is 11.9 Å². The minimum atomic E-state index is -4.82. The Bertz CT molecular complexity index is 1770. The first-order valence-corrected chi connectivity index (χ1v) is 17.7. The standard InChI is InChI=1S/C33H36F3N4O8PS/c1-22(50-26-16-45-31(46-17-26)7-5-4-6-24-9-8-23(15-37)12-28(24)35)33(18-40-21-38-20-39-40,27-11-10-25(34)13-29(27)36)48-30(41)14-32(2,3)19-47-49(42,43)44/h4-13,20-22,26,31H,14,16-19H2,1-3H3,(H2,42,43,44)/b6-4+,7-5+/t22-,26-,31-,33-/m1/s1. The summed E-state index contributed by atoms with van der Waals surface area (Å²) in [5, 5.41) is 12.0. The Hall–Kier alpha value is -3.81. The van der Waals surface area contributed by atoms with Gasteiger partial charge in [-0.15, -0.1) is 11.8 Å². The van der Waals surface area contributed by atoms with Gasteiger partial charge in [0.2, 0.25) is 0 Å². The van der Waals surface area contributed by atoms with E-state index in [1.54, 1.807) is 39.0 Å². The van der Waals surface area contributed by atoms with E-state index in [0.717, 1.165) is 12.1 Å². The van der Waals surface area contributed by atoms with Crippen LogP contribution in [0.25, 0.3) is 6.08 Å². The maximum Gasteiger partial charge on any atom is 0.469 e. The van der Waals surface area contributed by atoms with Crippen molar-refractivity contribution < 1.29 is 51.1 Å². The molecular formula is C33H36F3N4O8PS. The zero-order valence-corrected chi connectivity index (χ0v) is 29.0. The normalized spacial score (nSPS) is 18.9. The lowest BCUT2D eigenvalue weighted by Gasteiger charge is -2.41. The van der Waals surface area contributed by atoms with Crippen molar-refractivity contribution in [3.63, 3.8) is 0 Å². The maximum atomic E-state index is 15.6. The fraction of sp³-hybridized carbons (Fsp3) is 0.394. The highest BCUT2D eigenvalue weighted by Gasteiger charge is 2.47. The van der Waals surface area contributed by atoms with Gasteiger partial charge >= 0.3 is 13.8 Å². The minimum Gasteiger partial charge on any atom is -0.451 e. The first-order valence-electron chi connectivity index (χ1n) is 15.2. The molecule has 1 aliphatic rings. The molecule has 17 heteroatoms. The molecule has 2 atom stereocenters. The van der Waals surface area contributed by atoms with Crippen molar-refractivity contribution in [3.05, 3.63) is 101 Å². The molecule has 0 radical (unpaired) electrons. The molecule has 1 fully saturated rings. The summed E-state index contributed by atoms with van der Waals surface area (Å²) in [5.41, 5.74) is -2.51. The predicted molar refractivity (Wildman–Crippen MR) is 176 cm³/mol. The number of hydrogen-bond donors (Lipinski definition) is 2. The first kappa shape index (κ1) is 39.0. The lowest BCUT2D eigenvalue weighted by Crippen LogP contribution is -2.47. The Morgan fingerprint density at radius 3 is 2.54 bits per heavy atom. The lowest BCUT2D eigenvalue weighted by molar-refractivity contribution is -0.166. The molecule has 0 bridgehead atoms. The first-order chi connectivity index (χ1) is 23.6. The molecule has 2 heterocycles. The van der Waals surface area contributed by atoms with Gasteiger partial charge in [0.25, 0.3) is 0 Å². The fourth-order valence-electron chi connectivity index (χ4n) is 5.07. The summed E-state index contributed by atoms with van der Waals surface area (Å²) in [6.07, 6.45) is 7.91. The minimum absolute atomic E-state index is 0.129. The van der Waals surface area contributed by atoms with Crippen LogP contribution in [0.3, 0.4) is 0 Å². The number of nitrogens with zero attached hydrogens (tertiary/aromatic N) is 4. The van der Waals surface area contributed by atoms with Gasteiger partial charge in [-0.3, -0.25) is 9.32 Å². The second-order valence-corrected chi connectivity index (χ2v) is 15.1. The van der Waals surface area contributed by atoms with Crippen LogP contribution in [0, 0.1) is 34.2 Å². The predicted octanol–water partition coefficient (Wildman–Crippen LogP) is 5.66. The Kier molecular flexibility index (Phi) is 13.2. The molecule has 1 aromatic heterocycles. The number of halogens is 3. The molecule has 4 rings (SSSR count). The average Bonchev–Trinajstić information content (AvgIpc) is 3.55. The van der Waals surface area contributed by atoms with E-state index < -0.39 is 60.4 Å². The summed E-state index contributed by atoms with van der Waals surface area (Å²) in [6, 6.07) is 8.95. The molecule has 0 unspecified atom stereocenters. The molecule has 0 amide bonds. The number of benzene rings is 2. The van der Waals surface area contributed by atoms with Gasteiger partial charge in [-0.2, -0.15) is 10.4 Å². The molecule has 12 nitrogen and oxygen atoms in total. The number of carbonyl (C=O) groups excluding carboxylic acids is 1. The van der Waals surface area contributed by atoms with Crippen LogP contribution in [0.5, 0.6) is 0 Å². The molecule has 0 aliphatic carbocycles. The summed E-state index contributed by atoms with van der Waals surface area (Å²) in [4.78, 5) is 35.8. The second kappa shape index (κ2) is 16.9. The average molecular weight is 737 g/mol. The summed E-state index contributed by atoms with van der Waals surface area (Å²) in [5.74, 6) is -3.18. The van der Waals surface area contributed by atoms with E-state index >= 15 is 4.39 Å². The van der Waals surface area contributed by atoms with Crippen molar-refractivity contribution in [3.8, 4) is 6.07 Å². The van der Waals surface area contributed by atoms with E-state index in [0.29, 0.717) is 11.6 Å². The third-order valence-electron chi connectivity index (χ3n) is 7.52. The number of thioether (sulfide) groups is 1. The van der Waals surface area contributed by atoms with Gasteiger partial charge in [0, 0.05) is 22.4 Å². The number of nitriles is 1. The van der Waals surface area contributed by atoms with E-state index in [1.165, 1.54) is 53.4 Å². The highest BCUT2D eigenvalue weighted by molar-refractivity contribution is 8.00. The third-order valence-corrected chi connectivity index (χ3v) is 9.44. The van der Waals surface area contributed by atoms with Crippen molar-refractivity contribution in [1.82, 2.24) is 14.8 Å². The number of carbonyl (C=O) groups is 1. The molecule has 0 saturated carbocycles. The smallest absolute Gasteiger partial charge is 0.451 e. The molecule has 2 N–H and O–H groups in total. The van der Waals surface area contributed by atoms with E-state index in [9.17, 15) is 18.1 Å². The summed E-state index contributed by atoms with van der Waals surface area (Å²) in [6.45, 7) is 4.46. The number of esters is 1. The topological polar surface area (TPSA) is 166 Å². The number of ether oxygens (including phenoxy) is 3. The van der Waals surface area contributed by atoms with Crippen molar-refractivity contribution in [2.24, 2.45) is 5.41 Å². The molecule has 0 spiro atoms. The van der Waals surface area contributed by atoms with Gasteiger partial charge < -0.3 is 24.0 Å².